The van der Waals surface area contributed by atoms with Crippen LogP contribution in [0.5, 0.6) is 5.75 Å². The van der Waals surface area contributed by atoms with E-state index in [1.807, 2.05) is 0 Å². The minimum Gasteiger partial charge on any atom is -0.508 e. The van der Waals surface area contributed by atoms with Gasteiger partial charge in [-0.25, -0.2) is 4.79 Å². The Balaban J connectivity index is 2.45. The molecule has 0 atom stereocenters. The standard InChI is InChI=1S/C13H11ClN2O4S/c1-6-10(13(19)20)12(21-15-6)16(2)11(18)8-5-7(17)3-4-9(8)14/h3-5,17H,1-2H3,(H,19,20). The number of hydrogen-bond donors (Lipinski definition) is 2. The van der Waals surface area contributed by atoms with Gasteiger partial charge >= 0.3 is 5.97 Å². The first-order valence-electron chi connectivity index (χ1n) is 5.79. The molecule has 2 N–H and O–H groups in total. The second kappa shape index (κ2) is 5.71. The molecule has 0 fully saturated rings. The Morgan fingerprint density at radius 2 is 2.05 bits per heavy atom. The van der Waals surface area contributed by atoms with E-state index >= 15 is 0 Å². The molecule has 21 heavy (non-hydrogen) atoms. The summed E-state index contributed by atoms with van der Waals surface area (Å²) in [5.74, 6) is -1.78. The van der Waals surface area contributed by atoms with Crippen molar-refractivity contribution in [3.8, 4) is 5.75 Å². The van der Waals surface area contributed by atoms with E-state index in [9.17, 15) is 19.8 Å². The molecule has 0 aliphatic carbocycles. The molecule has 0 aliphatic heterocycles. The number of carboxylic acid groups (broad SMARTS) is 1. The van der Waals surface area contributed by atoms with Gasteiger partial charge in [0.25, 0.3) is 5.91 Å². The van der Waals surface area contributed by atoms with Crippen LogP contribution in [0.3, 0.4) is 0 Å². The third kappa shape index (κ3) is 2.84. The predicted molar refractivity (Wildman–Crippen MR) is 79.7 cm³/mol. The summed E-state index contributed by atoms with van der Waals surface area (Å²) >= 11 is 6.86. The van der Waals surface area contributed by atoms with Gasteiger partial charge in [-0.2, -0.15) is 4.37 Å². The number of amides is 1. The lowest BCUT2D eigenvalue weighted by molar-refractivity contribution is 0.0697. The van der Waals surface area contributed by atoms with Crippen molar-refractivity contribution in [1.82, 2.24) is 4.37 Å². The molecule has 110 valence electrons. The molecular formula is C13H11ClN2O4S. The molecular weight excluding hydrogens is 316 g/mol. The van der Waals surface area contributed by atoms with E-state index in [4.69, 9.17) is 11.6 Å². The Morgan fingerprint density at radius 3 is 2.67 bits per heavy atom. The quantitative estimate of drug-likeness (QED) is 0.905. The normalized spacial score (nSPS) is 10.4. The summed E-state index contributed by atoms with van der Waals surface area (Å²) < 4.78 is 3.96. The summed E-state index contributed by atoms with van der Waals surface area (Å²) in [6.45, 7) is 1.56. The van der Waals surface area contributed by atoms with E-state index in [0.717, 1.165) is 16.4 Å². The van der Waals surface area contributed by atoms with Crippen LogP contribution in [0, 0.1) is 6.92 Å². The van der Waals surface area contributed by atoms with Gasteiger partial charge in [0.1, 0.15) is 16.3 Å². The summed E-state index contributed by atoms with van der Waals surface area (Å²) in [7, 11) is 1.43. The molecule has 0 unspecified atom stereocenters. The average Bonchev–Trinajstić information content (AvgIpc) is 2.81. The van der Waals surface area contributed by atoms with Crippen LogP contribution in [0.4, 0.5) is 5.00 Å². The van der Waals surface area contributed by atoms with Gasteiger partial charge in [-0.15, -0.1) is 0 Å². The zero-order valence-corrected chi connectivity index (χ0v) is 12.7. The fourth-order valence-corrected chi connectivity index (χ4v) is 2.83. The third-order valence-electron chi connectivity index (χ3n) is 2.85. The number of carbonyl (C=O) groups excluding carboxylic acids is 1. The highest BCUT2D eigenvalue weighted by Gasteiger charge is 2.25. The van der Waals surface area contributed by atoms with Crippen molar-refractivity contribution < 1.29 is 19.8 Å². The minimum absolute atomic E-state index is 0.0212. The highest BCUT2D eigenvalue weighted by molar-refractivity contribution is 7.11. The molecule has 1 aromatic heterocycles. The summed E-state index contributed by atoms with van der Waals surface area (Å²) in [5.41, 5.74) is 0.401. The van der Waals surface area contributed by atoms with E-state index in [1.165, 1.54) is 25.2 Å². The topological polar surface area (TPSA) is 90.7 Å². The summed E-state index contributed by atoms with van der Waals surface area (Å²) in [6.07, 6.45) is 0. The zero-order valence-electron chi connectivity index (χ0n) is 11.1. The molecule has 0 saturated heterocycles. The lowest BCUT2D eigenvalue weighted by atomic mass is 10.1. The molecule has 0 aliphatic rings. The van der Waals surface area contributed by atoms with Crippen LogP contribution >= 0.6 is 23.1 Å². The number of aryl methyl sites for hydroxylation is 1. The Bertz CT molecular complexity index is 729. The van der Waals surface area contributed by atoms with Gasteiger partial charge in [-0.05, 0) is 36.7 Å². The highest BCUT2D eigenvalue weighted by atomic mass is 35.5. The summed E-state index contributed by atoms with van der Waals surface area (Å²) in [5, 5.41) is 19.0. The molecule has 1 aromatic carbocycles. The molecule has 1 amide bonds. The van der Waals surface area contributed by atoms with Crippen LogP contribution in [-0.4, -0.2) is 33.5 Å². The third-order valence-corrected chi connectivity index (χ3v) is 4.19. The number of benzene rings is 1. The number of nitrogens with zero attached hydrogens (tertiary/aromatic N) is 2. The number of halogens is 1. The number of phenolic OH excluding ortho intramolecular Hbond substituents is 1. The molecule has 1 heterocycles. The van der Waals surface area contributed by atoms with Crippen molar-refractivity contribution in [2.24, 2.45) is 0 Å². The van der Waals surface area contributed by atoms with Crippen LogP contribution in [0.1, 0.15) is 26.4 Å². The highest BCUT2D eigenvalue weighted by Crippen LogP contribution is 2.30. The number of phenols is 1. The molecule has 0 spiro atoms. The van der Waals surface area contributed by atoms with E-state index in [-0.39, 0.29) is 26.9 Å². The maximum atomic E-state index is 12.4. The first-order valence-corrected chi connectivity index (χ1v) is 6.94. The van der Waals surface area contributed by atoms with E-state index in [1.54, 1.807) is 6.92 Å². The molecule has 2 aromatic rings. The number of carboxylic acids is 1. The lowest BCUT2D eigenvalue weighted by Crippen LogP contribution is -2.27. The minimum atomic E-state index is -1.15. The van der Waals surface area contributed by atoms with Crippen LogP contribution in [-0.2, 0) is 0 Å². The SMILES string of the molecule is Cc1nsc(N(C)C(=O)c2cc(O)ccc2Cl)c1C(=O)O. The van der Waals surface area contributed by atoms with Crippen LogP contribution in [0.15, 0.2) is 18.2 Å². The molecule has 6 nitrogen and oxygen atoms in total. The van der Waals surface area contributed by atoms with Crippen molar-refractivity contribution in [1.29, 1.82) is 0 Å². The smallest absolute Gasteiger partial charge is 0.340 e. The zero-order chi connectivity index (χ0) is 15.7. The van der Waals surface area contributed by atoms with Crippen LogP contribution in [0.25, 0.3) is 0 Å². The monoisotopic (exact) mass is 326 g/mol. The van der Waals surface area contributed by atoms with Gasteiger partial charge in [0.2, 0.25) is 0 Å². The molecule has 8 heteroatoms. The maximum absolute atomic E-state index is 12.4. The number of aromatic nitrogens is 1. The van der Waals surface area contributed by atoms with Gasteiger partial charge < -0.3 is 15.1 Å². The van der Waals surface area contributed by atoms with E-state index < -0.39 is 11.9 Å². The van der Waals surface area contributed by atoms with E-state index in [2.05, 4.69) is 4.37 Å². The van der Waals surface area contributed by atoms with Gasteiger partial charge in [0, 0.05) is 7.05 Å². The van der Waals surface area contributed by atoms with Crippen molar-refractivity contribution in [2.75, 3.05) is 11.9 Å². The van der Waals surface area contributed by atoms with Crippen molar-refractivity contribution >= 4 is 40.0 Å². The first-order chi connectivity index (χ1) is 9.82. The fraction of sp³-hybridized carbons (Fsp3) is 0.154. The van der Waals surface area contributed by atoms with Crippen molar-refractivity contribution in [2.45, 2.75) is 6.92 Å². The average molecular weight is 327 g/mol. The molecule has 0 saturated carbocycles. The maximum Gasteiger partial charge on any atom is 0.340 e. The van der Waals surface area contributed by atoms with Gasteiger partial charge in [0.05, 0.1) is 16.3 Å². The number of rotatable bonds is 3. The van der Waals surface area contributed by atoms with Crippen LogP contribution in [0.2, 0.25) is 5.02 Å². The van der Waals surface area contributed by atoms with E-state index in [0.29, 0.717) is 5.69 Å². The van der Waals surface area contributed by atoms with Gasteiger partial charge in [-0.1, -0.05) is 11.6 Å². The van der Waals surface area contributed by atoms with Gasteiger partial charge in [0.15, 0.2) is 0 Å². The Kier molecular flexibility index (Phi) is 4.15. The molecule has 0 bridgehead atoms. The Morgan fingerprint density at radius 1 is 1.38 bits per heavy atom. The van der Waals surface area contributed by atoms with Crippen molar-refractivity contribution in [3.63, 3.8) is 0 Å². The second-order valence-corrected chi connectivity index (χ2v) is 5.44. The molecule has 2 rings (SSSR count). The fourth-order valence-electron chi connectivity index (χ4n) is 1.78. The number of aromatic carboxylic acids is 1. The number of anilines is 1. The lowest BCUT2D eigenvalue weighted by Gasteiger charge is -2.16. The van der Waals surface area contributed by atoms with Gasteiger partial charge in [-0.3, -0.25) is 4.79 Å². The molecule has 0 radical (unpaired) electrons. The van der Waals surface area contributed by atoms with Crippen molar-refractivity contribution in [3.05, 3.63) is 40.0 Å². The Labute approximate surface area is 129 Å². The summed E-state index contributed by atoms with van der Waals surface area (Å²) in [6, 6.07) is 3.99. The first kappa shape index (κ1) is 15.3. The predicted octanol–water partition coefficient (Wildman–Crippen LogP) is 2.79. The van der Waals surface area contributed by atoms with Crippen LogP contribution < -0.4 is 4.90 Å². The number of aromatic hydroxyl groups is 1. The Hall–Kier alpha value is -2.12. The second-order valence-electron chi connectivity index (χ2n) is 4.28. The largest absolute Gasteiger partial charge is 0.508 e. The number of carbonyl (C=O) groups is 2. The summed E-state index contributed by atoms with van der Waals surface area (Å²) in [4.78, 5) is 24.8. The number of hydrogen-bond acceptors (Lipinski definition) is 5.